The fraction of sp³-hybridized carbons (Fsp3) is 0.0476. The summed E-state index contributed by atoms with van der Waals surface area (Å²) < 4.78 is 5.14. The molecule has 0 spiro atoms. The normalized spacial score (nSPS) is 14.3. The molecule has 116 valence electrons. The first-order valence-corrected chi connectivity index (χ1v) is 7.96. The Bertz CT molecular complexity index is 1000. The molecule has 3 nitrogen and oxygen atoms in total. The van der Waals surface area contributed by atoms with Crippen LogP contribution in [0.4, 0.5) is 5.69 Å². The molecular weight excluding hydrogens is 298 g/mol. The number of ether oxygens (including phenoxy) is 1. The summed E-state index contributed by atoms with van der Waals surface area (Å²) in [4.78, 5) is 0. The van der Waals surface area contributed by atoms with Gasteiger partial charge in [0, 0.05) is 16.8 Å². The van der Waals surface area contributed by atoms with Crippen LogP contribution in [0.5, 0.6) is 0 Å². The molecule has 24 heavy (non-hydrogen) atoms. The third-order valence-electron chi connectivity index (χ3n) is 4.70. The van der Waals surface area contributed by atoms with E-state index in [4.69, 9.17) is 4.74 Å². The fourth-order valence-corrected chi connectivity index (χ4v) is 3.63. The molecule has 0 atom stereocenters. The van der Waals surface area contributed by atoms with Crippen molar-refractivity contribution in [1.82, 2.24) is 0 Å². The Balaban J connectivity index is 1.76. The first-order valence-electron chi connectivity index (χ1n) is 7.96. The minimum Gasteiger partial charge on any atom is -0.754 e. The van der Waals surface area contributed by atoms with Gasteiger partial charge in [0.25, 0.3) is 0 Å². The monoisotopic (exact) mass is 312 g/mol. The summed E-state index contributed by atoms with van der Waals surface area (Å²) in [6.45, 7) is 0.428. The lowest BCUT2D eigenvalue weighted by Gasteiger charge is -2.34. The van der Waals surface area contributed by atoms with Crippen LogP contribution in [0.3, 0.4) is 0 Å². The number of hydrogen-bond acceptors (Lipinski definition) is 3. The smallest absolute Gasteiger partial charge is 0.108 e. The predicted octanol–water partition coefficient (Wildman–Crippen LogP) is 5.22. The van der Waals surface area contributed by atoms with Gasteiger partial charge in [-0.1, -0.05) is 48.5 Å². The second-order valence-electron chi connectivity index (χ2n) is 5.97. The maximum absolute atomic E-state index is 12.9. The van der Waals surface area contributed by atoms with Crippen LogP contribution in [0.1, 0.15) is 0 Å². The van der Waals surface area contributed by atoms with E-state index < -0.39 is 0 Å². The summed E-state index contributed by atoms with van der Waals surface area (Å²) >= 11 is 0. The van der Waals surface area contributed by atoms with Gasteiger partial charge in [-0.05, 0) is 45.9 Å². The molecule has 5 rings (SSSR count). The standard InChI is InChI=1S/C21H14NO2/c23-22(14-10-12-24-13-11-14)20-9-8-18-16-5-2-1-4-15(16)17-6-3-7-19(20)21(17)18/h1-12H,13H2/q-1. The minimum absolute atomic E-state index is 0.428. The minimum atomic E-state index is 0.428. The van der Waals surface area contributed by atoms with E-state index in [9.17, 15) is 5.21 Å². The number of fused-ring (bicyclic) bond motifs is 3. The number of hydrogen-bond donors (Lipinski definition) is 0. The average Bonchev–Trinajstić information content (AvgIpc) is 2.99. The molecule has 0 radical (unpaired) electrons. The number of hydroxylamine groups is 1. The molecule has 0 saturated carbocycles. The Labute approximate surface area is 139 Å². The Kier molecular flexibility index (Phi) is 2.78. The summed E-state index contributed by atoms with van der Waals surface area (Å²) in [7, 11) is 0. The largest absolute Gasteiger partial charge is 0.754 e. The molecule has 1 aliphatic carbocycles. The van der Waals surface area contributed by atoms with Gasteiger partial charge < -0.3 is 15.0 Å². The number of nitrogens with zero attached hydrogens (tertiary/aromatic N) is 1. The molecule has 0 N–H and O–H groups in total. The lowest BCUT2D eigenvalue weighted by Crippen LogP contribution is -2.15. The van der Waals surface area contributed by atoms with Crippen molar-refractivity contribution in [2.75, 3.05) is 11.7 Å². The highest BCUT2D eigenvalue weighted by Gasteiger charge is 2.22. The lowest BCUT2D eigenvalue weighted by atomic mass is 10.0. The zero-order chi connectivity index (χ0) is 16.1. The summed E-state index contributed by atoms with van der Waals surface area (Å²) in [5.41, 5.74) is 6.14. The van der Waals surface area contributed by atoms with E-state index in [1.807, 2.05) is 18.2 Å². The zero-order valence-electron chi connectivity index (χ0n) is 12.9. The fourth-order valence-electron chi connectivity index (χ4n) is 3.63. The van der Waals surface area contributed by atoms with Gasteiger partial charge in [0.2, 0.25) is 0 Å². The number of benzene rings is 3. The van der Waals surface area contributed by atoms with Gasteiger partial charge in [-0.15, -0.1) is 0 Å². The van der Waals surface area contributed by atoms with Crippen LogP contribution < -0.4 is 5.06 Å². The van der Waals surface area contributed by atoms with Crippen LogP contribution in [0, 0.1) is 5.21 Å². The summed E-state index contributed by atoms with van der Waals surface area (Å²) in [6.07, 6.45) is 5.07. The van der Waals surface area contributed by atoms with E-state index in [0.717, 1.165) is 15.8 Å². The van der Waals surface area contributed by atoms with Crippen molar-refractivity contribution < 1.29 is 4.74 Å². The van der Waals surface area contributed by atoms with Gasteiger partial charge in [-0.25, -0.2) is 0 Å². The summed E-state index contributed by atoms with van der Waals surface area (Å²) in [5.74, 6) is 0. The van der Waals surface area contributed by atoms with Crippen LogP contribution in [0.15, 0.2) is 78.7 Å². The second kappa shape index (κ2) is 4.98. The maximum atomic E-state index is 12.9. The van der Waals surface area contributed by atoms with Crippen molar-refractivity contribution in [3.05, 3.63) is 83.9 Å². The Morgan fingerprint density at radius 2 is 1.58 bits per heavy atom. The average molecular weight is 312 g/mol. The number of allylic oxidation sites excluding steroid dienone is 1. The molecule has 0 saturated heterocycles. The SMILES string of the molecule is [O-]N(C1=CCOC=C1)c1ccc2c3c(cccc13)-c1ccccc1-2. The molecule has 0 fully saturated rings. The van der Waals surface area contributed by atoms with Crippen molar-refractivity contribution in [1.29, 1.82) is 0 Å². The van der Waals surface area contributed by atoms with E-state index in [1.165, 1.54) is 22.3 Å². The van der Waals surface area contributed by atoms with Crippen molar-refractivity contribution in [2.45, 2.75) is 0 Å². The van der Waals surface area contributed by atoms with Crippen molar-refractivity contribution in [2.24, 2.45) is 0 Å². The van der Waals surface area contributed by atoms with E-state index in [-0.39, 0.29) is 0 Å². The van der Waals surface area contributed by atoms with Gasteiger partial charge in [0.1, 0.15) is 6.61 Å². The highest BCUT2D eigenvalue weighted by molar-refractivity contribution is 6.18. The summed E-state index contributed by atoms with van der Waals surface area (Å²) in [6, 6.07) is 18.6. The second-order valence-corrected chi connectivity index (χ2v) is 5.97. The van der Waals surface area contributed by atoms with Gasteiger partial charge in [0.05, 0.1) is 6.26 Å². The van der Waals surface area contributed by atoms with Crippen LogP contribution in [-0.4, -0.2) is 6.61 Å². The third kappa shape index (κ3) is 1.76. The molecule has 3 aromatic carbocycles. The molecule has 3 heteroatoms. The first-order chi connectivity index (χ1) is 11.8. The molecule has 1 aliphatic heterocycles. The first kappa shape index (κ1) is 13.4. The third-order valence-corrected chi connectivity index (χ3v) is 4.70. The molecule has 3 aromatic rings. The predicted molar refractivity (Wildman–Crippen MR) is 97.4 cm³/mol. The molecule has 2 aliphatic rings. The molecule has 0 unspecified atom stereocenters. The summed E-state index contributed by atoms with van der Waals surface area (Å²) in [5, 5.41) is 16.0. The quantitative estimate of drug-likeness (QED) is 0.476. The molecular formula is C21H14NO2-. The van der Waals surface area contributed by atoms with Crippen molar-refractivity contribution >= 4 is 16.5 Å². The Morgan fingerprint density at radius 3 is 2.33 bits per heavy atom. The zero-order valence-corrected chi connectivity index (χ0v) is 12.9. The molecule has 0 aromatic heterocycles. The van der Waals surface area contributed by atoms with E-state index in [2.05, 4.69) is 36.4 Å². The molecule has 1 heterocycles. The van der Waals surface area contributed by atoms with Crippen LogP contribution in [0.2, 0.25) is 0 Å². The van der Waals surface area contributed by atoms with E-state index in [0.29, 0.717) is 18.0 Å². The van der Waals surface area contributed by atoms with Gasteiger partial charge in [0.15, 0.2) is 0 Å². The van der Waals surface area contributed by atoms with Crippen LogP contribution >= 0.6 is 0 Å². The van der Waals surface area contributed by atoms with E-state index >= 15 is 0 Å². The number of anilines is 1. The maximum Gasteiger partial charge on any atom is 0.108 e. The topological polar surface area (TPSA) is 35.5 Å². The number of rotatable bonds is 2. The van der Waals surface area contributed by atoms with Gasteiger partial charge >= 0.3 is 0 Å². The van der Waals surface area contributed by atoms with Crippen LogP contribution in [0.25, 0.3) is 33.0 Å². The van der Waals surface area contributed by atoms with Gasteiger partial charge in [-0.2, -0.15) is 0 Å². The lowest BCUT2D eigenvalue weighted by molar-refractivity contribution is 0.284. The molecule has 0 bridgehead atoms. The highest BCUT2D eigenvalue weighted by atomic mass is 16.5. The van der Waals surface area contributed by atoms with Crippen molar-refractivity contribution in [3.63, 3.8) is 0 Å². The van der Waals surface area contributed by atoms with Crippen molar-refractivity contribution in [3.8, 4) is 22.3 Å². The van der Waals surface area contributed by atoms with Gasteiger partial charge in [-0.3, -0.25) is 0 Å². The Morgan fingerprint density at radius 1 is 0.833 bits per heavy atom. The van der Waals surface area contributed by atoms with Crippen LogP contribution in [-0.2, 0) is 4.74 Å². The highest BCUT2D eigenvalue weighted by Crippen LogP contribution is 2.49. The van der Waals surface area contributed by atoms with E-state index in [1.54, 1.807) is 18.4 Å². The Hall–Kier alpha value is -3.04. The molecule has 0 amide bonds.